The number of rotatable bonds is 2. The van der Waals surface area contributed by atoms with Crippen molar-refractivity contribution in [2.75, 3.05) is 5.73 Å². The van der Waals surface area contributed by atoms with Crippen LogP contribution in [0.15, 0.2) is 30.5 Å². The topological polar surface area (TPSA) is 43.8 Å². The van der Waals surface area contributed by atoms with E-state index in [4.69, 9.17) is 17.3 Å². The third kappa shape index (κ3) is 1.91. The summed E-state index contributed by atoms with van der Waals surface area (Å²) >= 11 is 5.85. The fraction of sp³-hybridized carbons (Fsp3) is 0.250. The van der Waals surface area contributed by atoms with Gasteiger partial charge < -0.3 is 5.73 Å². The van der Waals surface area contributed by atoms with Crippen LogP contribution in [0.3, 0.4) is 0 Å². The number of aromatic nitrogens is 2. The van der Waals surface area contributed by atoms with Crippen molar-refractivity contribution in [3.8, 4) is 5.69 Å². The summed E-state index contributed by atoms with van der Waals surface area (Å²) in [6.45, 7) is 4.19. The predicted molar refractivity (Wildman–Crippen MR) is 67.1 cm³/mol. The van der Waals surface area contributed by atoms with Crippen molar-refractivity contribution >= 4 is 17.3 Å². The SMILES string of the molecule is CC(C)c1c(N)cnn1-c1ccc(Cl)cc1. The third-order valence-electron chi connectivity index (χ3n) is 2.45. The predicted octanol–water partition coefficient (Wildman–Crippen LogP) is 3.23. The molecular weight excluding hydrogens is 222 g/mol. The summed E-state index contributed by atoms with van der Waals surface area (Å²) in [5.41, 5.74) is 8.63. The van der Waals surface area contributed by atoms with Crippen molar-refractivity contribution in [2.45, 2.75) is 19.8 Å². The molecule has 0 radical (unpaired) electrons. The average molecular weight is 236 g/mol. The van der Waals surface area contributed by atoms with E-state index in [0.29, 0.717) is 5.92 Å². The number of hydrogen-bond donors (Lipinski definition) is 1. The Hall–Kier alpha value is -1.48. The molecule has 3 nitrogen and oxygen atoms in total. The van der Waals surface area contributed by atoms with Gasteiger partial charge in [-0.2, -0.15) is 5.10 Å². The summed E-state index contributed by atoms with van der Waals surface area (Å²) in [4.78, 5) is 0. The summed E-state index contributed by atoms with van der Waals surface area (Å²) in [6, 6.07) is 7.55. The summed E-state index contributed by atoms with van der Waals surface area (Å²) < 4.78 is 1.86. The lowest BCUT2D eigenvalue weighted by molar-refractivity contribution is 0.736. The molecule has 1 aromatic carbocycles. The first-order valence-electron chi connectivity index (χ1n) is 5.19. The van der Waals surface area contributed by atoms with E-state index >= 15 is 0 Å². The maximum Gasteiger partial charge on any atom is 0.0740 e. The van der Waals surface area contributed by atoms with E-state index in [1.54, 1.807) is 6.20 Å². The van der Waals surface area contributed by atoms with Crippen molar-refractivity contribution in [2.24, 2.45) is 0 Å². The van der Waals surface area contributed by atoms with Crippen LogP contribution in [0, 0.1) is 0 Å². The molecule has 2 aromatic rings. The van der Waals surface area contributed by atoms with Crippen LogP contribution < -0.4 is 5.73 Å². The van der Waals surface area contributed by atoms with Gasteiger partial charge in [-0.15, -0.1) is 0 Å². The van der Waals surface area contributed by atoms with E-state index in [9.17, 15) is 0 Å². The Bertz CT molecular complexity index is 485. The number of nitrogen functional groups attached to an aromatic ring is 1. The number of nitrogens with two attached hydrogens (primary N) is 1. The third-order valence-corrected chi connectivity index (χ3v) is 2.71. The van der Waals surface area contributed by atoms with Gasteiger partial charge in [-0.1, -0.05) is 25.4 Å². The maximum atomic E-state index is 5.90. The normalized spacial score (nSPS) is 11.0. The second kappa shape index (κ2) is 4.18. The van der Waals surface area contributed by atoms with Crippen LogP contribution in [0.2, 0.25) is 5.02 Å². The van der Waals surface area contributed by atoms with E-state index in [2.05, 4.69) is 18.9 Å². The molecule has 0 amide bonds. The smallest absolute Gasteiger partial charge is 0.0740 e. The van der Waals surface area contributed by atoms with Gasteiger partial charge in [0.05, 0.1) is 23.3 Å². The van der Waals surface area contributed by atoms with Gasteiger partial charge in [-0.25, -0.2) is 4.68 Å². The first kappa shape index (κ1) is 11.0. The van der Waals surface area contributed by atoms with Crippen molar-refractivity contribution in [1.29, 1.82) is 0 Å². The monoisotopic (exact) mass is 235 g/mol. The zero-order valence-corrected chi connectivity index (χ0v) is 10.1. The van der Waals surface area contributed by atoms with Gasteiger partial charge in [0.2, 0.25) is 0 Å². The van der Waals surface area contributed by atoms with E-state index in [1.165, 1.54) is 0 Å². The second-order valence-corrected chi connectivity index (χ2v) is 4.46. The molecule has 0 bridgehead atoms. The molecule has 0 aliphatic rings. The zero-order valence-electron chi connectivity index (χ0n) is 9.31. The summed E-state index contributed by atoms with van der Waals surface area (Å²) in [5, 5.41) is 5.00. The number of anilines is 1. The van der Waals surface area contributed by atoms with Crippen LogP contribution in [-0.2, 0) is 0 Å². The molecule has 0 saturated carbocycles. The fourth-order valence-corrected chi connectivity index (χ4v) is 1.86. The lowest BCUT2D eigenvalue weighted by Gasteiger charge is -2.11. The van der Waals surface area contributed by atoms with Gasteiger partial charge in [0.15, 0.2) is 0 Å². The molecule has 16 heavy (non-hydrogen) atoms. The average Bonchev–Trinajstić information content (AvgIpc) is 2.61. The molecule has 0 unspecified atom stereocenters. The van der Waals surface area contributed by atoms with Gasteiger partial charge in [0.1, 0.15) is 0 Å². The number of nitrogens with zero attached hydrogens (tertiary/aromatic N) is 2. The lowest BCUT2D eigenvalue weighted by Crippen LogP contribution is -2.05. The van der Waals surface area contributed by atoms with E-state index in [-0.39, 0.29) is 0 Å². The summed E-state index contributed by atoms with van der Waals surface area (Å²) in [7, 11) is 0. The van der Waals surface area contributed by atoms with E-state index < -0.39 is 0 Å². The summed E-state index contributed by atoms with van der Waals surface area (Å²) in [5.74, 6) is 0.332. The van der Waals surface area contributed by atoms with Crippen LogP contribution in [0.5, 0.6) is 0 Å². The largest absolute Gasteiger partial charge is 0.396 e. The highest BCUT2D eigenvalue weighted by Gasteiger charge is 2.12. The lowest BCUT2D eigenvalue weighted by atomic mass is 10.1. The molecular formula is C12H14ClN3. The van der Waals surface area contributed by atoms with Crippen LogP contribution >= 0.6 is 11.6 Å². The Morgan fingerprint density at radius 2 is 1.88 bits per heavy atom. The molecule has 1 heterocycles. The minimum Gasteiger partial charge on any atom is -0.396 e. The van der Waals surface area contributed by atoms with Gasteiger partial charge in [0.25, 0.3) is 0 Å². The molecule has 0 aliphatic heterocycles. The molecule has 0 aliphatic carbocycles. The second-order valence-electron chi connectivity index (χ2n) is 4.03. The molecule has 2 N–H and O–H groups in total. The molecule has 0 spiro atoms. The number of halogens is 1. The quantitative estimate of drug-likeness (QED) is 0.869. The van der Waals surface area contributed by atoms with Crippen LogP contribution in [0.4, 0.5) is 5.69 Å². The van der Waals surface area contributed by atoms with Gasteiger partial charge >= 0.3 is 0 Å². The zero-order chi connectivity index (χ0) is 11.7. The van der Waals surface area contributed by atoms with Crippen molar-refractivity contribution in [3.63, 3.8) is 0 Å². The Balaban J connectivity index is 2.52. The first-order valence-corrected chi connectivity index (χ1v) is 5.56. The molecule has 0 saturated heterocycles. The molecule has 84 valence electrons. The van der Waals surface area contributed by atoms with Gasteiger partial charge in [-0.05, 0) is 30.2 Å². The van der Waals surface area contributed by atoms with Crippen molar-refractivity contribution < 1.29 is 0 Å². The Morgan fingerprint density at radius 3 is 2.44 bits per heavy atom. The van der Waals surface area contributed by atoms with Crippen LogP contribution in [-0.4, -0.2) is 9.78 Å². The Morgan fingerprint density at radius 1 is 1.25 bits per heavy atom. The highest BCUT2D eigenvalue weighted by Crippen LogP contribution is 2.24. The Labute approximate surface area is 99.8 Å². The molecule has 0 atom stereocenters. The van der Waals surface area contributed by atoms with E-state index in [0.717, 1.165) is 22.1 Å². The maximum absolute atomic E-state index is 5.90. The van der Waals surface area contributed by atoms with Gasteiger partial charge in [-0.3, -0.25) is 0 Å². The highest BCUT2D eigenvalue weighted by molar-refractivity contribution is 6.30. The van der Waals surface area contributed by atoms with Crippen molar-refractivity contribution in [1.82, 2.24) is 9.78 Å². The van der Waals surface area contributed by atoms with E-state index in [1.807, 2.05) is 28.9 Å². The number of hydrogen-bond acceptors (Lipinski definition) is 2. The van der Waals surface area contributed by atoms with Crippen LogP contribution in [0.25, 0.3) is 5.69 Å². The summed E-state index contributed by atoms with van der Waals surface area (Å²) in [6.07, 6.45) is 1.68. The minimum absolute atomic E-state index is 0.332. The van der Waals surface area contributed by atoms with Gasteiger partial charge in [0, 0.05) is 5.02 Å². The fourth-order valence-electron chi connectivity index (χ4n) is 1.74. The first-order chi connectivity index (χ1) is 7.59. The number of benzene rings is 1. The highest BCUT2D eigenvalue weighted by atomic mass is 35.5. The Kier molecular flexibility index (Phi) is 2.88. The molecule has 2 rings (SSSR count). The van der Waals surface area contributed by atoms with Crippen LogP contribution in [0.1, 0.15) is 25.5 Å². The molecule has 1 aromatic heterocycles. The molecule has 4 heteroatoms. The standard InChI is InChI=1S/C12H14ClN3/c1-8(2)12-11(14)7-15-16(12)10-5-3-9(13)4-6-10/h3-8H,14H2,1-2H3. The van der Waals surface area contributed by atoms with Crippen molar-refractivity contribution in [3.05, 3.63) is 41.2 Å². The molecule has 0 fully saturated rings. The minimum atomic E-state index is 0.332.